The fraction of sp³-hybridized carbons (Fsp3) is 0. The van der Waals surface area contributed by atoms with Crippen LogP contribution in [0.2, 0.25) is 0 Å². The molecule has 0 radical (unpaired) electrons. The lowest BCUT2D eigenvalue weighted by molar-refractivity contribution is 1.04. The zero-order valence-corrected chi connectivity index (χ0v) is 12.1. The zero-order valence-electron chi connectivity index (χ0n) is 10.5. The summed E-state index contributed by atoms with van der Waals surface area (Å²) >= 11 is 3.40. The number of fused-ring (bicyclic) bond motifs is 1. The molecule has 0 atom stereocenters. The van der Waals surface area contributed by atoms with Crippen LogP contribution >= 0.6 is 15.9 Å². The van der Waals surface area contributed by atoms with Crippen molar-refractivity contribution in [1.82, 2.24) is 10.2 Å². The van der Waals surface area contributed by atoms with E-state index in [0.29, 0.717) is 5.82 Å². The third-order valence-electron chi connectivity index (χ3n) is 2.82. The summed E-state index contributed by atoms with van der Waals surface area (Å²) in [6.07, 6.45) is 3.48. The summed E-state index contributed by atoms with van der Waals surface area (Å²) in [5.74, 6) is 0.650. The molecule has 0 aliphatic heterocycles. The van der Waals surface area contributed by atoms with Gasteiger partial charge < -0.3 is 0 Å². The molecule has 2 aromatic carbocycles. The molecule has 0 spiro atoms. The van der Waals surface area contributed by atoms with Gasteiger partial charge in [0, 0.05) is 15.2 Å². The predicted octanol–water partition coefficient (Wildman–Crippen LogP) is 3.84. The molecule has 0 saturated carbocycles. The van der Waals surface area contributed by atoms with Crippen LogP contribution in [0, 0.1) is 0 Å². The maximum Gasteiger partial charge on any atom is 0.176 e. The fourth-order valence-corrected chi connectivity index (χ4v) is 2.09. The minimum absolute atomic E-state index is 0.650. The van der Waals surface area contributed by atoms with Gasteiger partial charge in [-0.1, -0.05) is 52.3 Å². The van der Waals surface area contributed by atoms with Gasteiger partial charge in [0.2, 0.25) is 0 Å². The summed E-state index contributed by atoms with van der Waals surface area (Å²) in [6, 6.07) is 15.8. The lowest BCUT2D eigenvalue weighted by atomic mass is 10.2. The first-order valence-corrected chi connectivity index (χ1v) is 6.87. The average Bonchev–Trinajstić information content (AvgIpc) is 2.49. The first kappa shape index (κ1) is 12.7. The first-order valence-electron chi connectivity index (χ1n) is 6.08. The number of nitrogens with one attached hydrogen (secondary N) is 1. The number of halogens is 1. The van der Waals surface area contributed by atoms with Gasteiger partial charge in [0.15, 0.2) is 5.82 Å². The monoisotopic (exact) mass is 326 g/mol. The van der Waals surface area contributed by atoms with Crippen molar-refractivity contribution < 1.29 is 0 Å². The number of nitrogens with zero attached hydrogens (tertiary/aromatic N) is 3. The van der Waals surface area contributed by atoms with Crippen molar-refractivity contribution in [3.05, 3.63) is 64.8 Å². The summed E-state index contributed by atoms with van der Waals surface area (Å²) in [7, 11) is 0. The molecule has 1 heterocycles. The number of benzene rings is 2. The SMILES string of the molecule is Brc1ccc(C=NNc2nncc3ccccc23)cc1. The van der Waals surface area contributed by atoms with E-state index >= 15 is 0 Å². The minimum atomic E-state index is 0.650. The largest absolute Gasteiger partial charge is 0.259 e. The Balaban J connectivity index is 1.81. The van der Waals surface area contributed by atoms with Crippen LogP contribution in [0.25, 0.3) is 10.8 Å². The number of anilines is 1. The lowest BCUT2D eigenvalue weighted by Gasteiger charge is -2.02. The molecule has 0 fully saturated rings. The van der Waals surface area contributed by atoms with Gasteiger partial charge in [-0.15, -0.1) is 5.10 Å². The number of hydrogen-bond acceptors (Lipinski definition) is 4. The molecular weight excluding hydrogens is 316 g/mol. The Labute approximate surface area is 124 Å². The van der Waals surface area contributed by atoms with E-state index in [1.54, 1.807) is 12.4 Å². The van der Waals surface area contributed by atoms with Gasteiger partial charge in [-0.25, -0.2) is 0 Å². The molecule has 3 rings (SSSR count). The van der Waals surface area contributed by atoms with E-state index in [1.165, 1.54) is 0 Å². The Morgan fingerprint density at radius 1 is 1.05 bits per heavy atom. The second-order valence-corrected chi connectivity index (χ2v) is 5.12. The summed E-state index contributed by atoms with van der Waals surface area (Å²) < 4.78 is 1.04. The second kappa shape index (κ2) is 5.79. The third-order valence-corrected chi connectivity index (χ3v) is 3.35. The van der Waals surface area contributed by atoms with Crippen LogP contribution in [0.3, 0.4) is 0 Å². The predicted molar refractivity (Wildman–Crippen MR) is 84.9 cm³/mol. The Morgan fingerprint density at radius 3 is 2.70 bits per heavy atom. The Hall–Kier alpha value is -2.27. The molecule has 3 aromatic rings. The van der Waals surface area contributed by atoms with E-state index in [9.17, 15) is 0 Å². The summed E-state index contributed by atoms with van der Waals surface area (Å²) in [4.78, 5) is 0. The van der Waals surface area contributed by atoms with Gasteiger partial charge in [0.05, 0.1) is 12.4 Å². The van der Waals surface area contributed by atoms with Crippen LogP contribution in [0.1, 0.15) is 5.56 Å². The number of rotatable bonds is 3. The molecule has 0 aliphatic carbocycles. The van der Waals surface area contributed by atoms with E-state index in [-0.39, 0.29) is 0 Å². The van der Waals surface area contributed by atoms with E-state index in [2.05, 4.69) is 36.7 Å². The Morgan fingerprint density at radius 2 is 1.85 bits per heavy atom. The Bertz CT molecular complexity index is 748. The normalized spacial score (nSPS) is 11.1. The van der Waals surface area contributed by atoms with Gasteiger partial charge in [0.1, 0.15) is 0 Å². The van der Waals surface area contributed by atoms with E-state index in [4.69, 9.17) is 0 Å². The molecule has 0 aliphatic rings. The van der Waals surface area contributed by atoms with Crippen LogP contribution < -0.4 is 5.43 Å². The molecule has 98 valence electrons. The van der Waals surface area contributed by atoms with E-state index in [1.807, 2.05) is 48.5 Å². The quantitative estimate of drug-likeness (QED) is 0.587. The molecule has 0 amide bonds. The highest BCUT2D eigenvalue weighted by Gasteiger charge is 2.00. The molecule has 1 N–H and O–H groups in total. The van der Waals surface area contributed by atoms with Crippen molar-refractivity contribution in [1.29, 1.82) is 0 Å². The maximum absolute atomic E-state index is 4.20. The van der Waals surface area contributed by atoms with Crippen LogP contribution in [0.4, 0.5) is 5.82 Å². The van der Waals surface area contributed by atoms with Crippen molar-refractivity contribution >= 4 is 38.7 Å². The summed E-state index contributed by atoms with van der Waals surface area (Å²) in [6.45, 7) is 0. The lowest BCUT2D eigenvalue weighted by Crippen LogP contribution is -1.96. The van der Waals surface area contributed by atoms with E-state index < -0.39 is 0 Å². The smallest absolute Gasteiger partial charge is 0.176 e. The molecule has 0 bridgehead atoms. The molecule has 1 aromatic heterocycles. The zero-order chi connectivity index (χ0) is 13.8. The van der Waals surface area contributed by atoms with Crippen molar-refractivity contribution in [3.63, 3.8) is 0 Å². The van der Waals surface area contributed by atoms with Crippen LogP contribution in [-0.2, 0) is 0 Å². The van der Waals surface area contributed by atoms with Crippen LogP contribution in [0.15, 0.2) is 64.3 Å². The summed E-state index contributed by atoms with van der Waals surface area (Å²) in [5.41, 5.74) is 3.94. The number of aromatic nitrogens is 2. The van der Waals surface area contributed by atoms with Gasteiger partial charge >= 0.3 is 0 Å². The third kappa shape index (κ3) is 2.83. The van der Waals surface area contributed by atoms with Crippen molar-refractivity contribution in [2.45, 2.75) is 0 Å². The average molecular weight is 327 g/mol. The van der Waals surface area contributed by atoms with Crippen molar-refractivity contribution in [3.8, 4) is 0 Å². The molecule has 0 saturated heterocycles. The molecule has 0 unspecified atom stereocenters. The molecular formula is C15H11BrN4. The summed E-state index contributed by atoms with van der Waals surface area (Å²) in [5, 5.41) is 14.3. The van der Waals surface area contributed by atoms with Crippen molar-refractivity contribution in [2.24, 2.45) is 5.10 Å². The molecule has 5 heteroatoms. The van der Waals surface area contributed by atoms with Gasteiger partial charge in [0.25, 0.3) is 0 Å². The van der Waals surface area contributed by atoms with Gasteiger partial charge in [-0.05, 0) is 17.7 Å². The highest BCUT2D eigenvalue weighted by Crippen LogP contribution is 2.19. The maximum atomic E-state index is 4.20. The fourth-order valence-electron chi connectivity index (χ4n) is 1.83. The van der Waals surface area contributed by atoms with Gasteiger partial charge in [-0.2, -0.15) is 10.2 Å². The van der Waals surface area contributed by atoms with Gasteiger partial charge in [-0.3, -0.25) is 5.43 Å². The van der Waals surface area contributed by atoms with Crippen molar-refractivity contribution in [2.75, 3.05) is 5.43 Å². The highest BCUT2D eigenvalue weighted by molar-refractivity contribution is 9.10. The van der Waals surface area contributed by atoms with E-state index in [0.717, 1.165) is 20.8 Å². The number of hydrogen-bond donors (Lipinski definition) is 1. The molecule has 4 nitrogen and oxygen atoms in total. The standard InChI is InChI=1S/C15H11BrN4/c16-13-7-5-11(6-8-13)9-17-19-15-14-4-2-1-3-12(14)10-18-20-15/h1-10H,(H,19,20). The topological polar surface area (TPSA) is 50.2 Å². The van der Waals surface area contributed by atoms with Crippen LogP contribution in [-0.4, -0.2) is 16.4 Å². The first-order chi connectivity index (χ1) is 9.83. The minimum Gasteiger partial charge on any atom is -0.259 e. The second-order valence-electron chi connectivity index (χ2n) is 4.20. The number of hydrazone groups is 1. The molecule has 20 heavy (non-hydrogen) atoms. The highest BCUT2D eigenvalue weighted by atomic mass is 79.9. The van der Waals surface area contributed by atoms with Crippen LogP contribution in [0.5, 0.6) is 0 Å². The Kier molecular flexibility index (Phi) is 3.69.